The molecule has 0 fully saturated rings. The van der Waals surface area contributed by atoms with Crippen molar-refractivity contribution >= 4 is 17.2 Å². The van der Waals surface area contributed by atoms with E-state index in [1.165, 1.54) is 11.1 Å². The molecule has 176 valence electrons. The third-order valence-electron chi connectivity index (χ3n) is 5.90. The summed E-state index contributed by atoms with van der Waals surface area (Å²) in [7, 11) is 0. The van der Waals surface area contributed by atoms with Crippen LogP contribution in [0.15, 0.2) is 54.6 Å². The number of ether oxygens (including phenoxy) is 1. The van der Waals surface area contributed by atoms with Gasteiger partial charge in [0.25, 0.3) is 0 Å². The quantitative estimate of drug-likeness (QED) is 0.266. The average molecular weight is 473 g/mol. The van der Waals surface area contributed by atoms with Crippen LogP contribution in [0.5, 0.6) is 5.75 Å². The fraction of sp³-hybridized carbons (Fsp3) is 0.321. The van der Waals surface area contributed by atoms with Gasteiger partial charge in [0.05, 0.1) is 0 Å². The van der Waals surface area contributed by atoms with Crippen LogP contribution in [0.3, 0.4) is 0 Å². The molecule has 0 N–H and O–H groups in total. The van der Waals surface area contributed by atoms with Gasteiger partial charge in [0.15, 0.2) is 0 Å². The van der Waals surface area contributed by atoms with E-state index in [0.29, 0.717) is 6.61 Å². The molecule has 0 aliphatic heterocycles. The molecule has 0 amide bonds. The van der Waals surface area contributed by atoms with Crippen LogP contribution in [-0.2, 0) is 13.0 Å². The molecule has 0 aliphatic carbocycles. The minimum Gasteiger partial charge on any atom is -0.488 e. The summed E-state index contributed by atoms with van der Waals surface area (Å²) in [6.45, 7) is 13.0. The topological polar surface area (TPSA) is 51.1 Å². The Bertz CT molecular complexity index is 1250. The van der Waals surface area contributed by atoms with Gasteiger partial charge in [-0.3, -0.25) is 0 Å². The molecule has 2 aromatic carbocycles. The standard InChI is InChI=1S/C28H32N4OS/c1-6-22-16-23(14-19(4)26(22)33-18-21-12-10-9-11-13-21)27-30-31-28(34-27)24-15-20(5)29-25(17-24)32(7-2)8-3/h9-17H,6-8,18H2,1-5H3. The molecule has 6 heteroatoms. The van der Waals surface area contributed by atoms with E-state index in [1.807, 2.05) is 25.1 Å². The second-order valence-corrected chi connectivity index (χ2v) is 9.33. The van der Waals surface area contributed by atoms with Gasteiger partial charge in [-0.2, -0.15) is 0 Å². The van der Waals surface area contributed by atoms with Gasteiger partial charge in [0.2, 0.25) is 0 Å². The first kappa shape index (κ1) is 23.9. The lowest BCUT2D eigenvalue weighted by Crippen LogP contribution is -2.23. The van der Waals surface area contributed by atoms with Crippen LogP contribution >= 0.6 is 11.3 Å². The summed E-state index contributed by atoms with van der Waals surface area (Å²) in [5, 5.41) is 10.9. The van der Waals surface area contributed by atoms with Crippen LogP contribution in [0, 0.1) is 13.8 Å². The third kappa shape index (κ3) is 5.28. The van der Waals surface area contributed by atoms with Crippen molar-refractivity contribution < 1.29 is 4.74 Å². The van der Waals surface area contributed by atoms with Crippen molar-refractivity contribution in [1.29, 1.82) is 0 Å². The Hall–Kier alpha value is -3.25. The summed E-state index contributed by atoms with van der Waals surface area (Å²) in [5.74, 6) is 1.95. The predicted octanol–water partition coefficient (Wildman–Crippen LogP) is 6.87. The van der Waals surface area contributed by atoms with Gasteiger partial charge in [-0.25, -0.2) is 4.98 Å². The smallest absolute Gasteiger partial charge is 0.148 e. The van der Waals surface area contributed by atoms with Crippen molar-refractivity contribution in [3.05, 3.63) is 77.0 Å². The van der Waals surface area contributed by atoms with E-state index < -0.39 is 0 Å². The number of benzene rings is 2. The maximum atomic E-state index is 6.24. The molecule has 0 aliphatic rings. The maximum absolute atomic E-state index is 6.24. The monoisotopic (exact) mass is 472 g/mol. The Labute approximate surface area is 206 Å². The SMILES string of the molecule is CCc1cc(-c2nnc(-c3cc(C)nc(N(CC)CC)c3)s2)cc(C)c1OCc1ccccc1. The number of hydrogen-bond acceptors (Lipinski definition) is 6. The highest BCUT2D eigenvalue weighted by Gasteiger charge is 2.15. The molecule has 34 heavy (non-hydrogen) atoms. The van der Waals surface area contributed by atoms with E-state index in [4.69, 9.17) is 9.72 Å². The molecule has 4 rings (SSSR count). The fourth-order valence-electron chi connectivity index (χ4n) is 4.11. The molecule has 4 aromatic rings. The van der Waals surface area contributed by atoms with Crippen molar-refractivity contribution in [3.8, 4) is 26.9 Å². The highest BCUT2D eigenvalue weighted by Crippen LogP contribution is 2.36. The molecule has 0 radical (unpaired) electrons. The van der Waals surface area contributed by atoms with Gasteiger partial charge in [-0.15, -0.1) is 10.2 Å². The van der Waals surface area contributed by atoms with E-state index in [9.17, 15) is 0 Å². The number of nitrogens with zero attached hydrogens (tertiary/aromatic N) is 4. The fourth-order valence-corrected chi connectivity index (χ4v) is 4.93. The van der Waals surface area contributed by atoms with Gasteiger partial charge in [-0.1, -0.05) is 48.6 Å². The van der Waals surface area contributed by atoms with Crippen LogP contribution in [0.1, 0.15) is 43.2 Å². The van der Waals surface area contributed by atoms with Gasteiger partial charge in [0.1, 0.15) is 28.2 Å². The first-order valence-electron chi connectivity index (χ1n) is 11.9. The minimum absolute atomic E-state index is 0.563. The second-order valence-electron chi connectivity index (χ2n) is 8.35. The Morgan fingerprint density at radius 3 is 2.18 bits per heavy atom. The number of pyridine rings is 1. The first-order chi connectivity index (χ1) is 16.5. The van der Waals surface area contributed by atoms with E-state index in [1.54, 1.807) is 11.3 Å². The van der Waals surface area contributed by atoms with Gasteiger partial charge in [0, 0.05) is 29.9 Å². The van der Waals surface area contributed by atoms with Crippen LogP contribution in [0.25, 0.3) is 21.1 Å². The summed E-state index contributed by atoms with van der Waals surface area (Å²) >= 11 is 1.62. The van der Waals surface area contributed by atoms with E-state index in [2.05, 4.69) is 79.2 Å². The lowest BCUT2D eigenvalue weighted by atomic mass is 10.0. The molecule has 0 saturated carbocycles. The molecule has 0 unspecified atom stereocenters. The van der Waals surface area contributed by atoms with Crippen molar-refractivity contribution in [1.82, 2.24) is 15.2 Å². The molecular formula is C28H32N4OS. The van der Waals surface area contributed by atoms with Crippen molar-refractivity contribution in [2.45, 2.75) is 47.6 Å². The molecule has 5 nitrogen and oxygen atoms in total. The molecule has 2 heterocycles. The first-order valence-corrected chi connectivity index (χ1v) is 12.7. The zero-order valence-corrected chi connectivity index (χ0v) is 21.4. The number of anilines is 1. The Morgan fingerprint density at radius 1 is 0.853 bits per heavy atom. The summed E-state index contributed by atoms with van der Waals surface area (Å²) in [6.07, 6.45) is 0.890. The van der Waals surface area contributed by atoms with E-state index in [-0.39, 0.29) is 0 Å². The molecule has 0 saturated heterocycles. The zero-order valence-electron chi connectivity index (χ0n) is 20.6. The summed E-state index contributed by atoms with van der Waals surface area (Å²) in [4.78, 5) is 6.97. The lowest BCUT2D eigenvalue weighted by Gasteiger charge is -2.20. The van der Waals surface area contributed by atoms with E-state index in [0.717, 1.165) is 63.5 Å². The highest BCUT2D eigenvalue weighted by molar-refractivity contribution is 7.17. The normalized spacial score (nSPS) is 11.0. The largest absolute Gasteiger partial charge is 0.488 e. The van der Waals surface area contributed by atoms with Crippen LogP contribution < -0.4 is 9.64 Å². The minimum atomic E-state index is 0.563. The van der Waals surface area contributed by atoms with Gasteiger partial charge < -0.3 is 9.64 Å². The van der Waals surface area contributed by atoms with Crippen molar-refractivity contribution in [2.75, 3.05) is 18.0 Å². The van der Waals surface area contributed by atoms with Gasteiger partial charge in [-0.05, 0) is 75.1 Å². The van der Waals surface area contributed by atoms with Crippen molar-refractivity contribution in [2.24, 2.45) is 0 Å². The molecule has 2 aromatic heterocycles. The summed E-state index contributed by atoms with van der Waals surface area (Å²) in [5.41, 5.74) is 6.60. The molecular weight excluding hydrogens is 440 g/mol. The average Bonchev–Trinajstić information content (AvgIpc) is 3.34. The zero-order chi connectivity index (χ0) is 24.1. The number of aryl methyl sites for hydroxylation is 3. The highest BCUT2D eigenvalue weighted by atomic mass is 32.1. The maximum Gasteiger partial charge on any atom is 0.148 e. The molecule has 0 spiro atoms. The number of hydrogen-bond donors (Lipinski definition) is 0. The molecule has 0 atom stereocenters. The number of rotatable bonds is 9. The number of aromatic nitrogens is 3. The Morgan fingerprint density at radius 2 is 1.53 bits per heavy atom. The van der Waals surface area contributed by atoms with Crippen LogP contribution in [0.2, 0.25) is 0 Å². The molecule has 0 bridgehead atoms. The Balaban J connectivity index is 1.62. The Kier molecular flexibility index (Phi) is 7.58. The summed E-state index contributed by atoms with van der Waals surface area (Å²) in [6, 6.07) is 18.8. The van der Waals surface area contributed by atoms with Crippen LogP contribution in [0.4, 0.5) is 5.82 Å². The predicted molar refractivity (Wildman–Crippen MR) is 142 cm³/mol. The third-order valence-corrected chi connectivity index (χ3v) is 6.93. The van der Waals surface area contributed by atoms with Gasteiger partial charge >= 0.3 is 0 Å². The van der Waals surface area contributed by atoms with Crippen LogP contribution in [-0.4, -0.2) is 28.3 Å². The van der Waals surface area contributed by atoms with E-state index >= 15 is 0 Å². The lowest BCUT2D eigenvalue weighted by molar-refractivity contribution is 0.301. The second kappa shape index (κ2) is 10.8. The summed E-state index contributed by atoms with van der Waals surface area (Å²) < 4.78 is 6.24. The van der Waals surface area contributed by atoms with Crippen molar-refractivity contribution in [3.63, 3.8) is 0 Å².